The minimum atomic E-state index is 0.278. The molecule has 0 aliphatic carbocycles. The Bertz CT molecular complexity index is 493. The molecule has 0 radical (unpaired) electrons. The van der Waals surface area contributed by atoms with Crippen molar-refractivity contribution < 1.29 is 5.11 Å². The lowest BCUT2D eigenvalue weighted by Crippen LogP contribution is -2.10. The molecule has 1 heterocycles. The summed E-state index contributed by atoms with van der Waals surface area (Å²) < 4.78 is 2.26. The molecule has 4 heteroatoms. The van der Waals surface area contributed by atoms with E-state index in [0.717, 1.165) is 43.6 Å². The highest BCUT2D eigenvalue weighted by Crippen LogP contribution is 2.17. The topological polar surface area (TPSA) is 64.1 Å². The lowest BCUT2D eigenvalue weighted by Gasteiger charge is -2.08. The standard InChI is InChI=1S/C14H21N3O/c15-9-8-14-16-12-6-2-3-7-13(12)17(14)10-4-1-5-11-18/h2-3,6-7,18H,1,4-5,8-11,15H2. The van der Waals surface area contributed by atoms with Gasteiger partial charge in [0.1, 0.15) is 5.82 Å². The molecule has 2 aromatic rings. The van der Waals surface area contributed by atoms with Crippen LogP contribution in [0.1, 0.15) is 25.1 Å². The lowest BCUT2D eigenvalue weighted by molar-refractivity contribution is 0.282. The van der Waals surface area contributed by atoms with Crippen LogP contribution in [0.15, 0.2) is 24.3 Å². The van der Waals surface area contributed by atoms with Crippen LogP contribution in [-0.2, 0) is 13.0 Å². The maximum Gasteiger partial charge on any atom is 0.111 e. The van der Waals surface area contributed by atoms with Crippen molar-refractivity contribution in [1.82, 2.24) is 9.55 Å². The zero-order valence-corrected chi connectivity index (χ0v) is 10.7. The van der Waals surface area contributed by atoms with Crippen LogP contribution in [0.25, 0.3) is 11.0 Å². The summed E-state index contributed by atoms with van der Waals surface area (Å²) in [5, 5.41) is 8.80. The summed E-state index contributed by atoms with van der Waals surface area (Å²) in [5.74, 6) is 1.07. The van der Waals surface area contributed by atoms with Crippen molar-refractivity contribution >= 4 is 11.0 Å². The van der Waals surface area contributed by atoms with Crippen molar-refractivity contribution in [1.29, 1.82) is 0 Å². The predicted molar refractivity (Wildman–Crippen MR) is 73.4 cm³/mol. The first-order valence-corrected chi connectivity index (χ1v) is 6.62. The molecule has 0 aliphatic rings. The number of aliphatic hydroxyl groups excluding tert-OH is 1. The molecule has 0 saturated heterocycles. The van der Waals surface area contributed by atoms with Crippen molar-refractivity contribution in [2.75, 3.05) is 13.2 Å². The molecule has 98 valence electrons. The molecule has 3 N–H and O–H groups in total. The molecule has 0 spiro atoms. The number of unbranched alkanes of at least 4 members (excludes halogenated alkanes) is 2. The average molecular weight is 247 g/mol. The molecule has 4 nitrogen and oxygen atoms in total. The van der Waals surface area contributed by atoms with Crippen molar-refractivity contribution in [3.63, 3.8) is 0 Å². The fourth-order valence-electron chi connectivity index (χ4n) is 2.25. The van der Waals surface area contributed by atoms with Gasteiger partial charge in [-0.15, -0.1) is 0 Å². The number of aliphatic hydroxyl groups is 1. The Labute approximate surface area is 107 Å². The van der Waals surface area contributed by atoms with E-state index in [9.17, 15) is 0 Å². The van der Waals surface area contributed by atoms with Crippen LogP contribution in [-0.4, -0.2) is 27.8 Å². The van der Waals surface area contributed by atoms with E-state index >= 15 is 0 Å². The van der Waals surface area contributed by atoms with Gasteiger partial charge in [0.15, 0.2) is 0 Å². The first kappa shape index (κ1) is 13.1. The van der Waals surface area contributed by atoms with Crippen LogP contribution in [0.4, 0.5) is 0 Å². The number of nitrogens with two attached hydrogens (primary N) is 1. The lowest BCUT2D eigenvalue weighted by atomic mass is 10.2. The van der Waals surface area contributed by atoms with Crippen LogP contribution >= 0.6 is 0 Å². The summed E-state index contributed by atoms with van der Waals surface area (Å²) in [5.41, 5.74) is 7.87. The molecule has 0 atom stereocenters. The molecular weight excluding hydrogens is 226 g/mol. The largest absolute Gasteiger partial charge is 0.396 e. The molecule has 2 rings (SSSR count). The van der Waals surface area contributed by atoms with Gasteiger partial charge >= 0.3 is 0 Å². The second-order valence-electron chi connectivity index (χ2n) is 4.49. The zero-order chi connectivity index (χ0) is 12.8. The predicted octanol–water partition coefficient (Wildman–Crippen LogP) is 1.70. The van der Waals surface area contributed by atoms with Crippen LogP contribution in [0, 0.1) is 0 Å². The smallest absolute Gasteiger partial charge is 0.111 e. The number of rotatable bonds is 7. The Kier molecular flexibility index (Phi) is 4.73. The van der Waals surface area contributed by atoms with Crippen molar-refractivity contribution in [3.8, 4) is 0 Å². The van der Waals surface area contributed by atoms with Gasteiger partial charge in [-0.05, 0) is 37.9 Å². The first-order valence-electron chi connectivity index (χ1n) is 6.62. The van der Waals surface area contributed by atoms with Gasteiger partial charge < -0.3 is 15.4 Å². The summed E-state index contributed by atoms with van der Waals surface area (Å²) in [6.07, 6.45) is 3.80. The monoisotopic (exact) mass is 247 g/mol. The number of hydrogen-bond donors (Lipinski definition) is 2. The molecule has 1 aromatic heterocycles. The Hall–Kier alpha value is -1.39. The van der Waals surface area contributed by atoms with E-state index in [1.54, 1.807) is 0 Å². The van der Waals surface area contributed by atoms with E-state index in [4.69, 9.17) is 10.8 Å². The maximum absolute atomic E-state index is 8.80. The Morgan fingerprint density at radius 1 is 1.17 bits per heavy atom. The molecule has 0 saturated carbocycles. The van der Waals surface area contributed by atoms with Gasteiger partial charge in [0.2, 0.25) is 0 Å². The van der Waals surface area contributed by atoms with Gasteiger partial charge in [-0.2, -0.15) is 0 Å². The minimum Gasteiger partial charge on any atom is -0.396 e. The maximum atomic E-state index is 8.80. The van der Waals surface area contributed by atoms with Crippen LogP contribution in [0.2, 0.25) is 0 Å². The average Bonchev–Trinajstić information content (AvgIpc) is 2.73. The van der Waals surface area contributed by atoms with Crippen LogP contribution in [0.3, 0.4) is 0 Å². The van der Waals surface area contributed by atoms with Gasteiger partial charge in [-0.3, -0.25) is 0 Å². The van der Waals surface area contributed by atoms with E-state index < -0.39 is 0 Å². The van der Waals surface area contributed by atoms with Gasteiger partial charge in [0, 0.05) is 19.6 Å². The van der Waals surface area contributed by atoms with Crippen molar-refractivity contribution in [3.05, 3.63) is 30.1 Å². The highest BCUT2D eigenvalue weighted by atomic mass is 16.2. The van der Waals surface area contributed by atoms with E-state index in [-0.39, 0.29) is 6.61 Å². The van der Waals surface area contributed by atoms with E-state index in [1.807, 2.05) is 18.2 Å². The summed E-state index contributed by atoms with van der Waals surface area (Å²) >= 11 is 0. The molecule has 0 bridgehead atoms. The zero-order valence-electron chi connectivity index (χ0n) is 10.7. The SMILES string of the molecule is NCCc1nc2ccccc2n1CCCCCO. The number of nitrogens with zero attached hydrogens (tertiary/aromatic N) is 2. The molecule has 0 unspecified atom stereocenters. The highest BCUT2D eigenvalue weighted by molar-refractivity contribution is 5.75. The summed E-state index contributed by atoms with van der Waals surface area (Å²) in [6, 6.07) is 8.20. The number of aryl methyl sites for hydroxylation is 1. The Morgan fingerprint density at radius 2 is 2.00 bits per heavy atom. The number of para-hydroxylation sites is 2. The summed E-state index contributed by atoms with van der Waals surface area (Å²) in [4.78, 5) is 4.63. The number of aromatic nitrogens is 2. The Morgan fingerprint density at radius 3 is 2.78 bits per heavy atom. The van der Waals surface area contributed by atoms with Crippen LogP contribution < -0.4 is 5.73 Å². The molecule has 0 amide bonds. The van der Waals surface area contributed by atoms with Crippen LogP contribution in [0.5, 0.6) is 0 Å². The van der Waals surface area contributed by atoms with Gasteiger partial charge in [0.05, 0.1) is 11.0 Å². The number of fused-ring (bicyclic) bond motifs is 1. The molecule has 0 fully saturated rings. The molecule has 18 heavy (non-hydrogen) atoms. The fourth-order valence-corrected chi connectivity index (χ4v) is 2.25. The highest BCUT2D eigenvalue weighted by Gasteiger charge is 2.08. The van der Waals surface area contributed by atoms with Gasteiger partial charge in [-0.25, -0.2) is 4.98 Å². The Balaban J connectivity index is 2.19. The van der Waals surface area contributed by atoms with Gasteiger partial charge in [-0.1, -0.05) is 12.1 Å². The van der Waals surface area contributed by atoms with E-state index in [0.29, 0.717) is 6.54 Å². The second-order valence-corrected chi connectivity index (χ2v) is 4.49. The third-order valence-electron chi connectivity index (χ3n) is 3.14. The van der Waals surface area contributed by atoms with Gasteiger partial charge in [0.25, 0.3) is 0 Å². The third-order valence-corrected chi connectivity index (χ3v) is 3.14. The van der Waals surface area contributed by atoms with E-state index in [2.05, 4.69) is 15.6 Å². The second kappa shape index (κ2) is 6.52. The molecule has 0 aliphatic heterocycles. The summed E-state index contributed by atoms with van der Waals surface area (Å²) in [6.45, 7) is 1.86. The number of benzene rings is 1. The van der Waals surface area contributed by atoms with Crippen molar-refractivity contribution in [2.45, 2.75) is 32.2 Å². The number of imidazole rings is 1. The third kappa shape index (κ3) is 2.89. The summed E-state index contributed by atoms with van der Waals surface area (Å²) in [7, 11) is 0. The first-order chi connectivity index (χ1) is 8.86. The fraction of sp³-hybridized carbons (Fsp3) is 0.500. The quantitative estimate of drug-likeness (QED) is 0.732. The molecule has 1 aromatic carbocycles. The molecular formula is C14H21N3O. The van der Waals surface area contributed by atoms with E-state index in [1.165, 1.54) is 5.52 Å². The van der Waals surface area contributed by atoms with Crippen molar-refractivity contribution in [2.24, 2.45) is 5.73 Å². The normalized spacial score (nSPS) is 11.2. The minimum absolute atomic E-state index is 0.278. The number of hydrogen-bond acceptors (Lipinski definition) is 3.